The third-order valence-electron chi connectivity index (χ3n) is 6.46. The van der Waals surface area contributed by atoms with Crippen LogP contribution in [0, 0.1) is 6.92 Å². The van der Waals surface area contributed by atoms with Crippen LogP contribution in [-0.2, 0) is 6.54 Å². The lowest BCUT2D eigenvalue weighted by atomic mass is 10.0. The Morgan fingerprint density at radius 2 is 2.09 bits per heavy atom. The van der Waals surface area contributed by atoms with Crippen molar-refractivity contribution in [3.63, 3.8) is 0 Å². The summed E-state index contributed by atoms with van der Waals surface area (Å²) >= 11 is 1.73. The van der Waals surface area contributed by atoms with Crippen molar-refractivity contribution in [1.82, 2.24) is 24.4 Å². The number of rotatable bonds is 5. The van der Waals surface area contributed by atoms with Gasteiger partial charge in [-0.15, -0.1) is 11.3 Å². The number of nitrogens with two attached hydrogens (primary N) is 1. The predicted octanol–water partition coefficient (Wildman–Crippen LogP) is 4.04. The van der Waals surface area contributed by atoms with Gasteiger partial charge in [0.05, 0.1) is 17.5 Å². The molecule has 1 unspecified atom stereocenters. The van der Waals surface area contributed by atoms with E-state index in [1.165, 1.54) is 23.8 Å². The molecule has 4 aromatic rings. The fourth-order valence-electron chi connectivity index (χ4n) is 4.81. The van der Waals surface area contributed by atoms with Gasteiger partial charge in [-0.1, -0.05) is 6.07 Å². The van der Waals surface area contributed by atoms with Gasteiger partial charge in [0.2, 0.25) is 0 Å². The zero-order valence-corrected chi connectivity index (χ0v) is 19.9. The highest BCUT2D eigenvalue weighted by atomic mass is 32.1. The Balaban J connectivity index is 1.58. The van der Waals surface area contributed by atoms with Crippen LogP contribution in [0.3, 0.4) is 0 Å². The van der Waals surface area contributed by atoms with Crippen molar-refractivity contribution >= 4 is 32.8 Å². The Kier molecular flexibility index (Phi) is 5.53. The van der Waals surface area contributed by atoms with E-state index in [4.69, 9.17) is 10.5 Å². The van der Waals surface area contributed by atoms with Gasteiger partial charge in [-0.3, -0.25) is 4.90 Å². The fourth-order valence-corrected chi connectivity index (χ4v) is 5.96. The molecule has 1 saturated heterocycles. The SMILES string of the molecule is COc1cc(C)cc2cc(-c3cc(CN4CCCC(N(C)C)C4)n4ncnc(N)c34)sc12. The number of thiophene rings is 1. The Morgan fingerprint density at radius 3 is 2.88 bits per heavy atom. The Hall–Kier alpha value is -2.68. The van der Waals surface area contributed by atoms with Crippen molar-refractivity contribution in [3.05, 3.63) is 41.9 Å². The predicted molar refractivity (Wildman–Crippen MR) is 131 cm³/mol. The number of ether oxygens (including phenoxy) is 1. The van der Waals surface area contributed by atoms with Gasteiger partial charge in [-0.25, -0.2) is 9.50 Å². The average Bonchev–Trinajstić information content (AvgIpc) is 3.35. The molecule has 3 aromatic heterocycles. The van der Waals surface area contributed by atoms with Gasteiger partial charge < -0.3 is 15.4 Å². The number of hydrogen-bond acceptors (Lipinski definition) is 7. The van der Waals surface area contributed by atoms with Crippen LogP contribution in [0.2, 0.25) is 0 Å². The number of piperidine rings is 1. The molecule has 1 atom stereocenters. The summed E-state index contributed by atoms with van der Waals surface area (Å²) in [6.07, 6.45) is 4.01. The second-order valence-electron chi connectivity index (χ2n) is 8.95. The summed E-state index contributed by atoms with van der Waals surface area (Å²) in [6.45, 7) is 5.11. The second kappa shape index (κ2) is 8.35. The lowest BCUT2D eigenvalue weighted by Crippen LogP contribution is -2.44. The molecule has 1 aliphatic rings. The van der Waals surface area contributed by atoms with Crippen LogP contribution in [0.4, 0.5) is 5.82 Å². The van der Waals surface area contributed by atoms with Gasteiger partial charge in [0.15, 0.2) is 5.82 Å². The van der Waals surface area contributed by atoms with E-state index in [0.29, 0.717) is 11.9 Å². The van der Waals surface area contributed by atoms with Crippen LogP contribution in [0.25, 0.3) is 26.0 Å². The van der Waals surface area contributed by atoms with Crippen molar-refractivity contribution < 1.29 is 4.74 Å². The molecule has 8 heteroatoms. The third-order valence-corrected chi connectivity index (χ3v) is 7.66. The number of likely N-dealkylation sites (tertiary alicyclic amines) is 1. The third kappa shape index (κ3) is 3.72. The minimum absolute atomic E-state index is 0.506. The molecule has 1 aliphatic heterocycles. The first-order valence-corrected chi connectivity index (χ1v) is 11.8. The number of hydrogen-bond donors (Lipinski definition) is 1. The molecule has 1 aromatic carbocycles. The molecule has 7 nitrogen and oxygen atoms in total. The van der Waals surface area contributed by atoms with Crippen molar-refractivity contribution in [3.8, 4) is 16.2 Å². The van der Waals surface area contributed by atoms with E-state index in [9.17, 15) is 0 Å². The van der Waals surface area contributed by atoms with E-state index in [-0.39, 0.29) is 0 Å². The van der Waals surface area contributed by atoms with Gasteiger partial charge in [-0.05, 0) is 69.6 Å². The van der Waals surface area contributed by atoms with Gasteiger partial charge in [0.1, 0.15) is 17.6 Å². The first-order chi connectivity index (χ1) is 15.4. The molecule has 0 aliphatic carbocycles. The van der Waals surface area contributed by atoms with Crippen molar-refractivity contribution in [1.29, 1.82) is 0 Å². The number of aromatic nitrogens is 3. The standard InChI is InChI=1S/C24H30N6OS/c1-15-8-16-10-21(32-23(16)20(9-15)31-4)19-11-18(30-22(19)24(25)26-14-27-30)13-29-7-5-6-17(12-29)28(2)3/h8-11,14,17H,5-7,12-13H2,1-4H3,(H2,25,26,27). The number of anilines is 1. The molecule has 168 valence electrons. The monoisotopic (exact) mass is 450 g/mol. The first-order valence-electron chi connectivity index (χ1n) is 11.0. The number of nitrogen functional groups attached to an aromatic ring is 1. The van der Waals surface area contributed by atoms with Crippen molar-refractivity contribution in [2.75, 3.05) is 40.0 Å². The van der Waals surface area contributed by atoms with Crippen LogP contribution < -0.4 is 10.5 Å². The molecule has 2 N–H and O–H groups in total. The highest BCUT2D eigenvalue weighted by Crippen LogP contribution is 2.42. The molecule has 0 amide bonds. The molecule has 1 fully saturated rings. The summed E-state index contributed by atoms with van der Waals surface area (Å²) in [7, 11) is 6.07. The van der Waals surface area contributed by atoms with Gasteiger partial charge in [-0.2, -0.15) is 5.10 Å². The summed E-state index contributed by atoms with van der Waals surface area (Å²) in [5.74, 6) is 1.42. The van der Waals surface area contributed by atoms with E-state index in [2.05, 4.69) is 65.2 Å². The van der Waals surface area contributed by atoms with E-state index < -0.39 is 0 Å². The van der Waals surface area contributed by atoms with Gasteiger partial charge in [0, 0.05) is 29.6 Å². The molecule has 5 rings (SSSR count). The van der Waals surface area contributed by atoms with E-state index in [1.54, 1.807) is 24.8 Å². The molecular formula is C24H30N6OS. The maximum atomic E-state index is 6.36. The first kappa shape index (κ1) is 21.2. The lowest BCUT2D eigenvalue weighted by molar-refractivity contribution is 0.126. The van der Waals surface area contributed by atoms with E-state index >= 15 is 0 Å². The van der Waals surface area contributed by atoms with Crippen LogP contribution in [0.5, 0.6) is 5.75 Å². The molecule has 4 heterocycles. The van der Waals surface area contributed by atoms with Crippen LogP contribution in [-0.4, -0.2) is 64.7 Å². The highest BCUT2D eigenvalue weighted by molar-refractivity contribution is 7.22. The second-order valence-corrected chi connectivity index (χ2v) is 10.00. The maximum Gasteiger partial charge on any atom is 0.152 e. The molecular weight excluding hydrogens is 420 g/mol. The zero-order valence-electron chi connectivity index (χ0n) is 19.1. The van der Waals surface area contributed by atoms with Crippen LogP contribution in [0.1, 0.15) is 24.1 Å². The molecule has 32 heavy (non-hydrogen) atoms. The van der Waals surface area contributed by atoms with Crippen LogP contribution in [0.15, 0.2) is 30.6 Å². The summed E-state index contributed by atoms with van der Waals surface area (Å²) in [5.41, 5.74) is 10.7. The van der Waals surface area contributed by atoms with E-state index in [1.807, 2.05) is 4.52 Å². The smallest absolute Gasteiger partial charge is 0.152 e. The topological polar surface area (TPSA) is 71.9 Å². The van der Waals surface area contributed by atoms with Crippen molar-refractivity contribution in [2.45, 2.75) is 32.4 Å². The summed E-state index contributed by atoms with van der Waals surface area (Å²) in [4.78, 5) is 10.3. The quantitative estimate of drug-likeness (QED) is 0.495. The van der Waals surface area contributed by atoms with Gasteiger partial charge in [0.25, 0.3) is 0 Å². The summed E-state index contributed by atoms with van der Waals surface area (Å²) in [6, 6.07) is 9.34. The molecule has 0 radical (unpaired) electrons. The summed E-state index contributed by atoms with van der Waals surface area (Å²) < 4.78 is 8.77. The largest absolute Gasteiger partial charge is 0.495 e. The molecule has 0 spiro atoms. The maximum absolute atomic E-state index is 6.36. The van der Waals surface area contributed by atoms with Crippen molar-refractivity contribution in [2.24, 2.45) is 0 Å². The minimum Gasteiger partial charge on any atom is -0.495 e. The number of aryl methyl sites for hydroxylation is 1. The zero-order chi connectivity index (χ0) is 22.4. The Morgan fingerprint density at radius 1 is 1.25 bits per heavy atom. The average molecular weight is 451 g/mol. The normalized spacial score (nSPS) is 17.6. The number of methoxy groups -OCH3 is 1. The number of benzene rings is 1. The van der Waals surface area contributed by atoms with Crippen LogP contribution >= 0.6 is 11.3 Å². The fraction of sp³-hybridized carbons (Fsp3) is 0.417. The van der Waals surface area contributed by atoms with E-state index in [0.717, 1.165) is 51.7 Å². The van der Waals surface area contributed by atoms with Gasteiger partial charge >= 0.3 is 0 Å². The number of nitrogens with zero attached hydrogens (tertiary/aromatic N) is 5. The number of likely N-dealkylation sites (N-methyl/N-ethyl adjacent to an activating group) is 1. The highest BCUT2D eigenvalue weighted by Gasteiger charge is 2.24. The molecule has 0 saturated carbocycles. The lowest BCUT2D eigenvalue weighted by Gasteiger charge is -2.35. The Labute approximate surface area is 192 Å². The molecule has 0 bridgehead atoms. The minimum atomic E-state index is 0.506. The summed E-state index contributed by atoms with van der Waals surface area (Å²) in [5, 5.41) is 5.76. The Bertz CT molecular complexity index is 1280. The number of fused-ring (bicyclic) bond motifs is 2.